The number of carbonyl (C=O) groups is 2. The van der Waals surface area contributed by atoms with Crippen LogP contribution in [0.25, 0.3) is 0 Å². The van der Waals surface area contributed by atoms with Crippen molar-refractivity contribution in [2.75, 3.05) is 11.5 Å². The summed E-state index contributed by atoms with van der Waals surface area (Å²) in [7, 11) is 0. The number of carbonyl (C=O) groups excluding carboxylic acids is 2. The van der Waals surface area contributed by atoms with Gasteiger partial charge >= 0.3 is 5.97 Å². The van der Waals surface area contributed by atoms with Gasteiger partial charge in [-0.2, -0.15) is 0 Å². The largest absolute Gasteiger partial charge is 0.467 e. The van der Waals surface area contributed by atoms with Crippen LogP contribution in [0.1, 0.15) is 34.6 Å². The number of alkyl halides is 1. The second-order valence-electron chi connectivity index (χ2n) is 6.44. The van der Waals surface area contributed by atoms with Crippen molar-refractivity contribution < 1.29 is 18.7 Å². The van der Waals surface area contributed by atoms with Crippen molar-refractivity contribution in [3.05, 3.63) is 89.9 Å². The van der Waals surface area contributed by atoms with Crippen molar-refractivity contribution in [1.82, 2.24) is 0 Å². The molecule has 0 saturated carbocycles. The van der Waals surface area contributed by atoms with Gasteiger partial charge in [-0.05, 0) is 48.9 Å². The molecule has 4 rings (SSSR count). The number of hydrogen-bond acceptors (Lipinski definition) is 4. The molecule has 1 fully saturated rings. The summed E-state index contributed by atoms with van der Waals surface area (Å²) in [4.78, 5) is 25.4. The smallest absolute Gasteiger partial charge is 0.338 e. The predicted molar refractivity (Wildman–Crippen MR) is 105 cm³/mol. The lowest BCUT2D eigenvalue weighted by atomic mass is 9.78. The van der Waals surface area contributed by atoms with E-state index in [-0.39, 0.29) is 5.91 Å². The number of benzene rings is 2. The molecule has 2 unspecified atom stereocenters. The van der Waals surface area contributed by atoms with Gasteiger partial charge in [0.2, 0.25) is 0 Å². The molecule has 2 heterocycles. The maximum atomic E-state index is 13.2. The molecular weight excluding hydrogens is 378 g/mol. The van der Waals surface area contributed by atoms with Gasteiger partial charge in [0.15, 0.2) is 4.87 Å². The molecule has 0 N–H and O–H groups in total. The number of nitrogens with zero attached hydrogens (tertiary/aromatic N) is 1. The molecular formula is C22H18ClNO4. The quantitative estimate of drug-likeness (QED) is 0.357. The molecule has 1 aliphatic rings. The summed E-state index contributed by atoms with van der Waals surface area (Å²) in [6.45, 7) is 2.06. The molecule has 1 saturated heterocycles. The first-order valence-electron chi connectivity index (χ1n) is 8.96. The third-order valence-electron chi connectivity index (χ3n) is 4.83. The molecule has 2 atom stereocenters. The zero-order valence-electron chi connectivity index (χ0n) is 15.2. The van der Waals surface area contributed by atoms with Gasteiger partial charge in [-0.1, -0.05) is 30.3 Å². The van der Waals surface area contributed by atoms with E-state index in [0.717, 1.165) is 0 Å². The lowest BCUT2D eigenvalue weighted by molar-refractivity contribution is -0.129. The van der Waals surface area contributed by atoms with Crippen LogP contribution in [0.4, 0.5) is 5.69 Å². The van der Waals surface area contributed by atoms with Crippen LogP contribution in [-0.2, 0) is 14.4 Å². The lowest BCUT2D eigenvalue weighted by Gasteiger charge is -2.51. The van der Waals surface area contributed by atoms with Gasteiger partial charge in [-0.3, -0.25) is 9.69 Å². The summed E-state index contributed by atoms with van der Waals surface area (Å²) in [5.41, 5.74) is 1.77. The molecule has 0 spiro atoms. The van der Waals surface area contributed by atoms with Crippen LogP contribution in [0.2, 0.25) is 0 Å². The number of hydrogen-bond donors (Lipinski definition) is 0. The number of furan rings is 1. The minimum Gasteiger partial charge on any atom is -0.467 e. The maximum Gasteiger partial charge on any atom is 0.338 e. The van der Waals surface area contributed by atoms with Crippen LogP contribution in [0, 0.1) is 0 Å². The number of amides is 1. The molecule has 142 valence electrons. The van der Waals surface area contributed by atoms with Crippen LogP contribution in [-0.4, -0.2) is 18.5 Å². The SMILES string of the molecule is CCOC(=O)c1ccc(N2C(=O)C(Cl)(c3ccccc3)C2c2ccco2)cc1. The van der Waals surface area contributed by atoms with Gasteiger partial charge in [0.1, 0.15) is 11.8 Å². The molecule has 28 heavy (non-hydrogen) atoms. The highest BCUT2D eigenvalue weighted by Gasteiger charge is 2.63. The number of halogens is 1. The Morgan fingerprint density at radius 2 is 1.82 bits per heavy atom. The summed E-state index contributed by atoms with van der Waals surface area (Å²) in [6.07, 6.45) is 1.56. The Bertz CT molecular complexity index is 985. The summed E-state index contributed by atoms with van der Waals surface area (Å²) < 4.78 is 10.6. The second-order valence-corrected chi connectivity index (χ2v) is 7.03. The number of ether oxygens (including phenoxy) is 1. The highest BCUT2D eigenvalue weighted by atomic mass is 35.5. The Balaban J connectivity index is 1.71. The molecule has 0 radical (unpaired) electrons. The average Bonchev–Trinajstić information content (AvgIpc) is 3.25. The van der Waals surface area contributed by atoms with E-state index in [4.69, 9.17) is 20.8 Å². The second kappa shape index (κ2) is 7.17. The van der Waals surface area contributed by atoms with Crippen molar-refractivity contribution in [2.24, 2.45) is 0 Å². The van der Waals surface area contributed by atoms with E-state index >= 15 is 0 Å². The minimum absolute atomic E-state index is 0.245. The fourth-order valence-electron chi connectivity index (χ4n) is 3.49. The van der Waals surface area contributed by atoms with Gasteiger partial charge in [-0.15, -0.1) is 11.6 Å². The number of anilines is 1. The molecule has 3 aromatic rings. The summed E-state index contributed by atoms with van der Waals surface area (Å²) >= 11 is 6.88. The molecule has 6 heteroatoms. The van der Waals surface area contributed by atoms with E-state index in [1.54, 1.807) is 54.5 Å². The normalized spacial score (nSPS) is 21.3. The Morgan fingerprint density at radius 1 is 1.11 bits per heavy atom. The van der Waals surface area contributed by atoms with Crippen LogP contribution in [0.15, 0.2) is 77.4 Å². The Labute approximate surface area is 167 Å². The molecule has 0 aliphatic carbocycles. The Hall–Kier alpha value is -3.05. The van der Waals surface area contributed by atoms with Gasteiger partial charge < -0.3 is 9.15 Å². The van der Waals surface area contributed by atoms with Gasteiger partial charge in [-0.25, -0.2) is 4.79 Å². The Kier molecular flexibility index (Phi) is 4.69. The molecule has 2 aromatic carbocycles. The minimum atomic E-state index is -1.25. The van der Waals surface area contributed by atoms with E-state index in [0.29, 0.717) is 29.2 Å². The summed E-state index contributed by atoms with van der Waals surface area (Å²) in [6, 6.07) is 19.0. The fourth-order valence-corrected chi connectivity index (χ4v) is 3.91. The topological polar surface area (TPSA) is 59.8 Å². The molecule has 1 amide bonds. The average molecular weight is 396 g/mol. The summed E-state index contributed by atoms with van der Waals surface area (Å²) in [5.74, 6) is -0.0545. The lowest BCUT2D eigenvalue weighted by Crippen LogP contribution is -2.63. The molecule has 5 nitrogen and oxygen atoms in total. The van der Waals surface area contributed by atoms with Gasteiger partial charge in [0.25, 0.3) is 5.91 Å². The van der Waals surface area contributed by atoms with Crippen LogP contribution in [0.5, 0.6) is 0 Å². The van der Waals surface area contributed by atoms with Crippen LogP contribution < -0.4 is 4.90 Å². The number of esters is 1. The van der Waals surface area contributed by atoms with E-state index in [2.05, 4.69) is 0 Å². The summed E-state index contributed by atoms with van der Waals surface area (Å²) in [5, 5.41) is 0. The standard InChI is InChI=1S/C22H18ClNO4/c1-2-27-20(25)15-10-12-17(13-11-15)24-19(18-9-6-14-28-18)22(23,21(24)26)16-7-4-3-5-8-16/h3-14,19H,2H2,1H3. The fraction of sp³-hybridized carbons (Fsp3) is 0.182. The molecule has 1 aliphatic heterocycles. The van der Waals surface area contributed by atoms with Crippen molar-refractivity contribution in [3.63, 3.8) is 0 Å². The van der Waals surface area contributed by atoms with Crippen LogP contribution in [0.3, 0.4) is 0 Å². The van der Waals surface area contributed by atoms with E-state index in [9.17, 15) is 9.59 Å². The third-order valence-corrected chi connectivity index (χ3v) is 5.41. The van der Waals surface area contributed by atoms with Crippen molar-refractivity contribution in [2.45, 2.75) is 17.8 Å². The predicted octanol–water partition coefficient (Wildman–Crippen LogP) is 4.68. The van der Waals surface area contributed by atoms with E-state index in [1.165, 1.54) is 0 Å². The van der Waals surface area contributed by atoms with E-state index in [1.807, 2.05) is 30.3 Å². The van der Waals surface area contributed by atoms with Gasteiger partial charge in [0, 0.05) is 5.69 Å². The first kappa shape index (κ1) is 18.3. The zero-order valence-corrected chi connectivity index (χ0v) is 15.9. The highest BCUT2D eigenvalue weighted by molar-refractivity contribution is 6.41. The zero-order chi connectivity index (χ0) is 19.7. The van der Waals surface area contributed by atoms with E-state index < -0.39 is 16.9 Å². The Morgan fingerprint density at radius 3 is 2.43 bits per heavy atom. The van der Waals surface area contributed by atoms with Crippen LogP contribution >= 0.6 is 11.6 Å². The highest BCUT2D eigenvalue weighted by Crippen LogP contribution is 2.56. The first-order chi connectivity index (χ1) is 13.6. The monoisotopic (exact) mass is 395 g/mol. The maximum absolute atomic E-state index is 13.2. The van der Waals surface area contributed by atoms with Crippen molar-refractivity contribution in [3.8, 4) is 0 Å². The third kappa shape index (κ3) is 2.79. The van der Waals surface area contributed by atoms with Crippen molar-refractivity contribution in [1.29, 1.82) is 0 Å². The molecule has 0 bridgehead atoms. The molecule has 1 aromatic heterocycles. The van der Waals surface area contributed by atoms with Crippen molar-refractivity contribution >= 4 is 29.2 Å². The first-order valence-corrected chi connectivity index (χ1v) is 9.34. The number of rotatable bonds is 5. The number of β-lactam (4-membered cyclic amide) rings is 1. The van der Waals surface area contributed by atoms with Gasteiger partial charge in [0.05, 0.1) is 18.4 Å².